The minimum atomic E-state index is -0.320. The van der Waals surface area contributed by atoms with Gasteiger partial charge in [-0.3, -0.25) is 4.79 Å². The van der Waals surface area contributed by atoms with E-state index in [1.54, 1.807) is 19.1 Å². The zero-order chi connectivity index (χ0) is 15.2. The van der Waals surface area contributed by atoms with Crippen LogP contribution in [-0.4, -0.2) is 31.6 Å². The first-order valence-electron chi connectivity index (χ1n) is 7.36. The summed E-state index contributed by atoms with van der Waals surface area (Å²) in [7, 11) is 0. The highest BCUT2D eigenvalue weighted by molar-refractivity contribution is 5.89. The number of carbonyl (C=O) groups is 2. The monoisotopic (exact) mass is 290 g/mol. The van der Waals surface area contributed by atoms with E-state index in [1.165, 1.54) is 0 Å². The fourth-order valence-corrected chi connectivity index (χ4v) is 2.20. The Labute approximate surface area is 125 Å². The molecule has 5 heteroatoms. The van der Waals surface area contributed by atoms with Crippen LogP contribution >= 0.6 is 0 Å². The smallest absolute Gasteiger partial charge is 0.338 e. The van der Waals surface area contributed by atoms with Crippen molar-refractivity contribution in [1.82, 2.24) is 10.6 Å². The van der Waals surface area contributed by atoms with E-state index in [0.29, 0.717) is 24.6 Å². The first-order valence-corrected chi connectivity index (χ1v) is 7.36. The molecule has 1 saturated heterocycles. The highest BCUT2D eigenvalue weighted by atomic mass is 16.5. The van der Waals surface area contributed by atoms with E-state index in [4.69, 9.17) is 4.74 Å². The van der Waals surface area contributed by atoms with Gasteiger partial charge >= 0.3 is 5.97 Å². The molecule has 1 heterocycles. The number of nitrogens with one attached hydrogen (secondary N) is 2. The maximum atomic E-state index is 12.0. The summed E-state index contributed by atoms with van der Waals surface area (Å²) in [5, 5.41) is 6.11. The molecule has 1 aliphatic heterocycles. The molecular formula is C16H22N2O3. The summed E-state index contributed by atoms with van der Waals surface area (Å²) >= 11 is 0. The largest absolute Gasteiger partial charge is 0.462 e. The third kappa shape index (κ3) is 4.04. The molecule has 0 radical (unpaired) electrons. The highest BCUT2D eigenvalue weighted by Gasteiger charge is 2.28. The Morgan fingerprint density at radius 1 is 1.33 bits per heavy atom. The summed E-state index contributed by atoms with van der Waals surface area (Å²) in [5.74, 6) is 0.233. The van der Waals surface area contributed by atoms with Crippen molar-refractivity contribution in [3.8, 4) is 0 Å². The van der Waals surface area contributed by atoms with Crippen molar-refractivity contribution >= 4 is 11.9 Å². The van der Waals surface area contributed by atoms with Gasteiger partial charge < -0.3 is 15.4 Å². The van der Waals surface area contributed by atoms with Gasteiger partial charge in [0.15, 0.2) is 0 Å². The summed E-state index contributed by atoms with van der Waals surface area (Å²) in [6.07, 6.45) is 0. The number of amides is 1. The van der Waals surface area contributed by atoms with Gasteiger partial charge in [0, 0.05) is 12.5 Å². The normalized spacial score (nSPS) is 15.9. The molecule has 1 unspecified atom stereocenters. The standard InChI is InChI=1S/C16H22N2O3/c1-3-21-16(20)13-6-4-12(5-7-13)8-18-15(19)11(2)14-9-17-10-14/h4-7,11,14,17H,3,8-10H2,1-2H3,(H,18,19). The lowest BCUT2D eigenvalue weighted by molar-refractivity contribution is -0.126. The fourth-order valence-electron chi connectivity index (χ4n) is 2.20. The van der Waals surface area contributed by atoms with Gasteiger partial charge in [-0.2, -0.15) is 0 Å². The molecule has 1 fully saturated rings. The molecular weight excluding hydrogens is 268 g/mol. The molecule has 1 atom stereocenters. The zero-order valence-electron chi connectivity index (χ0n) is 12.5. The predicted molar refractivity (Wildman–Crippen MR) is 79.8 cm³/mol. The second-order valence-corrected chi connectivity index (χ2v) is 5.34. The molecule has 21 heavy (non-hydrogen) atoms. The van der Waals surface area contributed by atoms with Crippen LogP contribution < -0.4 is 10.6 Å². The topological polar surface area (TPSA) is 67.4 Å². The van der Waals surface area contributed by atoms with Crippen molar-refractivity contribution in [2.75, 3.05) is 19.7 Å². The molecule has 0 aliphatic carbocycles. The number of hydrogen-bond acceptors (Lipinski definition) is 4. The first kappa shape index (κ1) is 15.5. The van der Waals surface area contributed by atoms with Gasteiger partial charge in [0.1, 0.15) is 0 Å². The molecule has 5 nitrogen and oxygen atoms in total. The van der Waals surface area contributed by atoms with Crippen molar-refractivity contribution in [3.63, 3.8) is 0 Å². The van der Waals surface area contributed by atoms with E-state index < -0.39 is 0 Å². The van der Waals surface area contributed by atoms with E-state index in [1.807, 2.05) is 19.1 Å². The average molecular weight is 290 g/mol. The van der Waals surface area contributed by atoms with Crippen molar-refractivity contribution in [2.24, 2.45) is 11.8 Å². The number of hydrogen-bond donors (Lipinski definition) is 2. The third-order valence-corrected chi connectivity index (χ3v) is 3.87. The summed E-state index contributed by atoms with van der Waals surface area (Å²) in [5.41, 5.74) is 1.50. The van der Waals surface area contributed by atoms with Crippen molar-refractivity contribution in [3.05, 3.63) is 35.4 Å². The van der Waals surface area contributed by atoms with Crippen LogP contribution in [0.15, 0.2) is 24.3 Å². The van der Waals surface area contributed by atoms with Crippen molar-refractivity contribution < 1.29 is 14.3 Å². The van der Waals surface area contributed by atoms with Crippen LogP contribution in [-0.2, 0) is 16.1 Å². The Bertz CT molecular complexity index is 495. The van der Waals surface area contributed by atoms with E-state index in [2.05, 4.69) is 10.6 Å². The zero-order valence-corrected chi connectivity index (χ0v) is 12.5. The lowest BCUT2D eigenvalue weighted by Gasteiger charge is -2.31. The molecule has 1 aromatic carbocycles. The quantitative estimate of drug-likeness (QED) is 0.776. The summed E-state index contributed by atoms with van der Waals surface area (Å²) in [6.45, 7) is 6.42. The highest BCUT2D eigenvalue weighted by Crippen LogP contribution is 2.16. The molecule has 0 aromatic heterocycles. The summed E-state index contributed by atoms with van der Waals surface area (Å²) in [4.78, 5) is 23.5. The maximum Gasteiger partial charge on any atom is 0.338 e. The third-order valence-electron chi connectivity index (χ3n) is 3.87. The number of carbonyl (C=O) groups excluding carboxylic acids is 2. The summed E-state index contributed by atoms with van der Waals surface area (Å²) in [6, 6.07) is 7.11. The second-order valence-electron chi connectivity index (χ2n) is 5.34. The van der Waals surface area contributed by atoms with Crippen LogP contribution in [0.2, 0.25) is 0 Å². The van der Waals surface area contributed by atoms with Gasteiger partial charge in [0.05, 0.1) is 12.2 Å². The predicted octanol–water partition coefficient (Wildman–Crippen LogP) is 1.33. The SMILES string of the molecule is CCOC(=O)c1ccc(CNC(=O)C(C)C2CNC2)cc1. The van der Waals surface area contributed by atoms with Gasteiger partial charge in [-0.15, -0.1) is 0 Å². The molecule has 1 aromatic rings. The molecule has 0 bridgehead atoms. The Hall–Kier alpha value is -1.88. The van der Waals surface area contributed by atoms with Gasteiger partial charge in [0.2, 0.25) is 5.91 Å². The average Bonchev–Trinajstić information content (AvgIpc) is 2.43. The molecule has 1 amide bonds. The van der Waals surface area contributed by atoms with Crippen LogP contribution in [0.3, 0.4) is 0 Å². The first-order chi connectivity index (χ1) is 10.1. The molecule has 2 N–H and O–H groups in total. The fraction of sp³-hybridized carbons (Fsp3) is 0.500. The summed E-state index contributed by atoms with van der Waals surface area (Å²) < 4.78 is 4.93. The molecule has 114 valence electrons. The van der Waals surface area contributed by atoms with Gasteiger partial charge in [0.25, 0.3) is 0 Å². The molecule has 2 rings (SSSR count). The lowest BCUT2D eigenvalue weighted by Crippen LogP contribution is -2.49. The van der Waals surface area contributed by atoms with E-state index >= 15 is 0 Å². The van der Waals surface area contributed by atoms with Crippen LogP contribution in [0.5, 0.6) is 0 Å². The molecule has 0 saturated carbocycles. The lowest BCUT2D eigenvalue weighted by atomic mass is 9.88. The second kappa shape index (κ2) is 7.22. The van der Waals surface area contributed by atoms with Crippen LogP contribution in [0.4, 0.5) is 0 Å². The van der Waals surface area contributed by atoms with Crippen molar-refractivity contribution in [2.45, 2.75) is 20.4 Å². The van der Waals surface area contributed by atoms with E-state index in [0.717, 1.165) is 18.7 Å². The number of benzene rings is 1. The maximum absolute atomic E-state index is 12.0. The van der Waals surface area contributed by atoms with E-state index in [9.17, 15) is 9.59 Å². The van der Waals surface area contributed by atoms with E-state index in [-0.39, 0.29) is 17.8 Å². The number of esters is 1. The van der Waals surface area contributed by atoms with Crippen molar-refractivity contribution in [1.29, 1.82) is 0 Å². The Balaban J connectivity index is 1.83. The Kier molecular flexibility index (Phi) is 5.33. The molecule has 0 spiro atoms. The number of rotatable bonds is 6. The minimum Gasteiger partial charge on any atom is -0.462 e. The Morgan fingerprint density at radius 3 is 2.52 bits per heavy atom. The van der Waals surface area contributed by atoms with Gasteiger partial charge in [-0.1, -0.05) is 19.1 Å². The van der Waals surface area contributed by atoms with Crippen LogP contribution in [0.25, 0.3) is 0 Å². The molecule has 1 aliphatic rings. The number of ether oxygens (including phenoxy) is 1. The van der Waals surface area contributed by atoms with Crippen LogP contribution in [0, 0.1) is 11.8 Å². The van der Waals surface area contributed by atoms with Gasteiger partial charge in [-0.05, 0) is 43.6 Å². The minimum absolute atomic E-state index is 0.0325. The van der Waals surface area contributed by atoms with Gasteiger partial charge in [-0.25, -0.2) is 4.79 Å². The Morgan fingerprint density at radius 2 is 2.00 bits per heavy atom. The van der Waals surface area contributed by atoms with Crippen LogP contribution in [0.1, 0.15) is 29.8 Å².